The number of amides is 1. The molecule has 1 amide bonds. The molecule has 2 N–H and O–H groups in total. The summed E-state index contributed by atoms with van der Waals surface area (Å²) in [6.07, 6.45) is 0.285. The van der Waals surface area contributed by atoms with Gasteiger partial charge in [-0.15, -0.1) is 0 Å². The van der Waals surface area contributed by atoms with Crippen molar-refractivity contribution >= 4 is 19.5 Å². The quantitative estimate of drug-likeness (QED) is 0.492. The smallest absolute Gasteiger partial charge is 0.335 e. The second-order valence-electron chi connectivity index (χ2n) is 7.29. The van der Waals surface area contributed by atoms with E-state index in [0.717, 1.165) is 16.7 Å². The first kappa shape index (κ1) is 24.8. The first-order chi connectivity index (χ1) is 14.7. The maximum atomic E-state index is 12.7. The van der Waals surface area contributed by atoms with E-state index in [4.69, 9.17) is 9.05 Å². The summed E-state index contributed by atoms with van der Waals surface area (Å²) in [7, 11) is -3.24. The number of hydrogen-bond donors (Lipinski definition) is 2. The van der Waals surface area contributed by atoms with Gasteiger partial charge in [-0.2, -0.15) is 0 Å². The molecule has 0 unspecified atom stereocenters. The number of aryl methyl sites for hydroxylation is 2. The molecule has 0 saturated carbocycles. The lowest BCUT2D eigenvalue weighted by Crippen LogP contribution is -2.42. The summed E-state index contributed by atoms with van der Waals surface area (Å²) in [6, 6.07) is 11.2. The molecule has 31 heavy (non-hydrogen) atoms. The zero-order valence-corrected chi connectivity index (χ0v) is 19.3. The number of aliphatic carboxylic acids is 1. The van der Waals surface area contributed by atoms with E-state index in [1.54, 1.807) is 38.1 Å². The monoisotopic (exact) mass is 447 g/mol. The molecule has 8 heteroatoms. The Morgan fingerprint density at radius 3 is 2.06 bits per heavy atom. The first-order valence-electron chi connectivity index (χ1n) is 10.2. The standard InChI is InChI=1S/C23H30NO6P/c1-5-29-31(28,30-6-2)15-18-9-11-20(12-10-18)22(25)24-21(23(26)27)14-19-8-7-16(3)17(4)13-19/h7-13,21H,5-6,14-15H2,1-4H3,(H,24,25)(H,26,27)/t21-/m0/s1. The number of rotatable bonds is 11. The molecule has 0 heterocycles. The summed E-state index contributed by atoms with van der Waals surface area (Å²) in [4.78, 5) is 24.3. The van der Waals surface area contributed by atoms with Crippen molar-refractivity contribution in [2.24, 2.45) is 0 Å². The van der Waals surface area contributed by atoms with Crippen molar-refractivity contribution in [2.45, 2.75) is 46.3 Å². The summed E-state index contributed by atoms with van der Waals surface area (Å²) >= 11 is 0. The van der Waals surface area contributed by atoms with Gasteiger partial charge in [-0.1, -0.05) is 30.3 Å². The summed E-state index contributed by atoms with van der Waals surface area (Å²) in [5.41, 5.74) is 4.05. The number of nitrogens with one attached hydrogen (secondary N) is 1. The van der Waals surface area contributed by atoms with E-state index < -0.39 is 25.5 Å². The predicted molar refractivity (Wildman–Crippen MR) is 120 cm³/mol. The minimum atomic E-state index is -3.24. The van der Waals surface area contributed by atoms with E-state index in [2.05, 4.69) is 5.32 Å². The van der Waals surface area contributed by atoms with E-state index in [1.165, 1.54) is 0 Å². The SMILES string of the molecule is CCOP(=O)(Cc1ccc(C(=O)N[C@@H](Cc2ccc(C)c(C)c2)C(=O)O)cc1)OCC. The Kier molecular flexibility index (Phi) is 8.99. The van der Waals surface area contributed by atoms with E-state index in [-0.39, 0.29) is 25.8 Å². The fourth-order valence-corrected chi connectivity index (χ4v) is 4.82. The van der Waals surface area contributed by atoms with Gasteiger partial charge >= 0.3 is 13.6 Å². The number of hydrogen-bond acceptors (Lipinski definition) is 5. The predicted octanol–water partition coefficient (Wildman–Crippen LogP) is 4.50. The third-order valence-electron chi connectivity index (χ3n) is 4.86. The average Bonchev–Trinajstić information content (AvgIpc) is 2.70. The Labute approximate surface area is 183 Å². The zero-order valence-electron chi connectivity index (χ0n) is 18.4. The first-order valence-corrected chi connectivity index (χ1v) is 12.0. The molecular formula is C23H30NO6P. The van der Waals surface area contributed by atoms with Gasteiger partial charge in [0.25, 0.3) is 5.91 Å². The van der Waals surface area contributed by atoms with Crippen LogP contribution in [0.5, 0.6) is 0 Å². The maximum absolute atomic E-state index is 12.7. The van der Waals surface area contributed by atoms with Crippen molar-refractivity contribution in [1.82, 2.24) is 5.32 Å². The van der Waals surface area contributed by atoms with Crippen molar-refractivity contribution in [3.8, 4) is 0 Å². The van der Waals surface area contributed by atoms with Crippen molar-refractivity contribution < 1.29 is 28.3 Å². The number of carbonyl (C=O) groups is 2. The van der Waals surface area contributed by atoms with Crippen LogP contribution in [0.1, 0.15) is 46.5 Å². The molecule has 2 aromatic rings. The lowest BCUT2D eigenvalue weighted by molar-refractivity contribution is -0.139. The highest BCUT2D eigenvalue weighted by Crippen LogP contribution is 2.51. The van der Waals surface area contributed by atoms with E-state index in [1.807, 2.05) is 32.0 Å². The van der Waals surface area contributed by atoms with Crippen molar-refractivity contribution in [2.75, 3.05) is 13.2 Å². The van der Waals surface area contributed by atoms with Gasteiger partial charge in [0, 0.05) is 12.0 Å². The largest absolute Gasteiger partial charge is 0.480 e. The highest BCUT2D eigenvalue weighted by atomic mass is 31.2. The van der Waals surface area contributed by atoms with Gasteiger partial charge < -0.3 is 19.5 Å². The lowest BCUT2D eigenvalue weighted by Gasteiger charge is -2.17. The molecule has 7 nitrogen and oxygen atoms in total. The Morgan fingerprint density at radius 2 is 1.55 bits per heavy atom. The zero-order chi connectivity index (χ0) is 23.0. The van der Waals surface area contributed by atoms with Gasteiger partial charge in [0.15, 0.2) is 0 Å². The third kappa shape index (κ3) is 7.31. The molecule has 0 aliphatic rings. The average molecular weight is 447 g/mol. The number of carboxylic acid groups (broad SMARTS) is 1. The fraction of sp³-hybridized carbons (Fsp3) is 0.391. The molecule has 0 saturated heterocycles. The van der Waals surface area contributed by atoms with Crippen molar-refractivity contribution in [1.29, 1.82) is 0 Å². The Balaban J connectivity index is 2.08. The van der Waals surface area contributed by atoms with Crippen LogP contribution >= 0.6 is 7.60 Å². The Morgan fingerprint density at radius 1 is 0.968 bits per heavy atom. The molecule has 2 rings (SSSR count). The van der Waals surface area contributed by atoms with Gasteiger partial charge in [-0.25, -0.2) is 4.79 Å². The van der Waals surface area contributed by atoms with Gasteiger partial charge in [-0.05, 0) is 62.1 Å². The minimum Gasteiger partial charge on any atom is -0.480 e. The van der Waals surface area contributed by atoms with Crippen LogP contribution in [0.4, 0.5) is 0 Å². The van der Waals surface area contributed by atoms with Crippen LogP contribution in [-0.4, -0.2) is 36.2 Å². The molecule has 0 radical (unpaired) electrons. The van der Waals surface area contributed by atoms with Crippen LogP contribution in [-0.2, 0) is 31.0 Å². The number of carboxylic acids is 1. The van der Waals surface area contributed by atoms with E-state index in [0.29, 0.717) is 11.1 Å². The fourth-order valence-electron chi connectivity index (χ4n) is 3.11. The molecule has 0 aliphatic carbocycles. The highest BCUT2D eigenvalue weighted by Gasteiger charge is 2.25. The second-order valence-corrected chi connectivity index (χ2v) is 9.34. The normalized spacial score (nSPS) is 12.4. The van der Waals surface area contributed by atoms with Gasteiger partial charge in [0.1, 0.15) is 6.04 Å². The molecule has 0 bridgehead atoms. The highest BCUT2D eigenvalue weighted by molar-refractivity contribution is 7.53. The summed E-state index contributed by atoms with van der Waals surface area (Å²) < 4.78 is 23.2. The van der Waals surface area contributed by atoms with Crippen LogP contribution < -0.4 is 5.32 Å². The summed E-state index contributed by atoms with van der Waals surface area (Å²) in [5.74, 6) is -1.59. The molecule has 2 aromatic carbocycles. The van der Waals surface area contributed by atoms with Crippen LogP contribution in [0.2, 0.25) is 0 Å². The van der Waals surface area contributed by atoms with Crippen LogP contribution in [0.3, 0.4) is 0 Å². The molecule has 1 atom stereocenters. The van der Waals surface area contributed by atoms with Crippen molar-refractivity contribution in [3.63, 3.8) is 0 Å². The molecular weight excluding hydrogens is 417 g/mol. The Hall–Kier alpha value is -2.47. The van der Waals surface area contributed by atoms with Crippen LogP contribution in [0, 0.1) is 13.8 Å². The lowest BCUT2D eigenvalue weighted by atomic mass is 10.0. The van der Waals surface area contributed by atoms with Crippen LogP contribution in [0.25, 0.3) is 0 Å². The summed E-state index contributed by atoms with van der Waals surface area (Å²) in [6.45, 7) is 7.99. The molecule has 0 fully saturated rings. The Bertz CT molecular complexity index is 947. The van der Waals surface area contributed by atoms with Crippen LogP contribution in [0.15, 0.2) is 42.5 Å². The third-order valence-corrected chi connectivity index (χ3v) is 6.91. The van der Waals surface area contributed by atoms with Gasteiger partial charge in [-0.3, -0.25) is 9.36 Å². The van der Waals surface area contributed by atoms with Gasteiger partial charge in [0.2, 0.25) is 0 Å². The topological polar surface area (TPSA) is 102 Å². The summed E-state index contributed by atoms with van der Waals surface area (Å²) in [5, 5.41) is 12.1. The van der Waals surface area contributed by atoms with E-state index in [9.17, 15) is 19.3 Å². The van der Waals surface area contributed by atoms with E-state index >= 15 is 0 Å². The molecule has 0 aliphatic heterocycles. The van der Waals surface area contributed by atoms with Crippen molar-refractivity contribution in [3.05, 3.63) is 70.3 Å². The second kappa shape index (κ2) is 11.2. The number of benzene rings is 2. The number of carbonyl (C=O) groups excluding carboxylic acids is 1. The molecule has 0 aromatic heterocycles. The molecule has 0 spiro atoms. The molecule has 168 valence electrons. The minimum absolute atomic E-state index is 0.0983. The maximum Gasteiger partial charge on any atom is 0.335 e. The van der Waals surface area contributed by atoms with Gasteiger partial charge in [0.05, 0.1) is 19.4 Å².